The van der Waals surface area contributed by atoms with E-state index < -0.39 is 16.1 Å². The molecule has 6 heteroatoms. The third-order valence-electron chi connectivity index (χ3n) is 2.10. The third-order valence-corrected chi connectivity index (χ3v) is 3.42. The molecule has 5 nitrogen and oxygen atoms in total. The molecule has 1 N–H and O–H groups in total. The van der Waals surface area contributed by atoms with Crippen molar-refractivity contribution in [1.29, 1.82) is 0 Å². The van der Waals surface area contributed by atoms with Crippen LogP contribution in [-0.4, -0.2) is 21.1 Å². The van der Waals surface area contributed by atoms with E-state index in [0.717, 1.165) is 5.56 Å². The number of sulfonamides is 1. The minimum absolute atomic E-state index is 0.0242. The fourth-order valence-corrected chi connectivity index (χ4v) is 2.03. The van der Waals surface area contributed by atoms with Crippen LogP contribution in [0.1, 0.15) is 12.5 Å². The van der Waals surface area contributed by atoms with Crippen LogP contribution in [-0.2, 0) is 14.8 Å². The number of hydrogen-bond acceptors (Lipinski definition) is 4. The topological polar surface area (TPSA) is 72.5 Å². The van der Waals surface area contributed by atoms with Crippen LogP contribution in [0.4, 0.5) is 4.79 Å². The molecule has 0 aliphatic rings. The molecular weight excluding hydrogens is 254 g/mol. The Morgan fingerprint density at radius 2 is 1.94 bits per heavy atom. The molecule has 1 amide bonds. The standard InChI is InChI=1S/C12H15NO4S/c1-3-4-9-17-12(14)13-18(15,16)11-7-5-10(2)6-8-11/h3-8H,9H2,1-2H3,(H,13,14). The Hall–Kier alpha value is -1.82. The SMILES string of the molecule is CC=CCOC(=O)NS(=O)(=O)c1ccc(C)cc1. The monoisotopic (exact) mass is 269 g/mol. The maximum atomic E-state index is 11.8. The van der Waals surface area contributed by atoms with Gasteiger partial charge in [-0.1, -0.05) is 29.8 Å². The van der Waals surface area contributed by atoms with Gasteiger partial charge in [0.2, 0.25) is 0 Å². The number of nitrogens with one attached hydrogen (secondary N) is 1. The number of carbonyl (C=O) groups is 1. The minimum Gasteiger partial charge on any atom is -0.445 e. The Balaban J connectivity index is 2.70. The molecule has 1 rings (SSSR count). The molecule has 0 fully saturated rings. The molecule has 1 aromatic carbocycles. The second-order valence-corrected chi connectivity index (χ2v) is 5.27. The highest BCUT2D eigenvalue weighted by molar-refractivity contribution is 7.90. The first kappa shape index (κ1) is 14.2. The van der Waals surface area contributed by atoms with Crippen molar-refractivity contribution in [2.75, 3.05) is 6.61 Å². The van der Waals surface area contributed by atoms with Crippen LogP contribution < -0.4 is 4.72 Å². The molecule has 0 spiro atoms. The maximum absolute atomic E-state index is 11.8. The van der Waals surface area contributed by atoms with Crippen LogP contribution in [0, 0.1) is 6.92 Å². The molecule has 1 aromatic rings. The quantitative estimate of drug-likeness (QED) is 0.848. The summed E-state index contributed by atoms with van der Waals surface area (Å²) in [5, 5.41) is 0. The number of carbonyl (C=O) groups excluding carboxylic acids is 1. The average Bonchev–Trinajstić information content (AvgIpc) is 2.29. The van der Waals surface area contributed by atoms with Crippen LogP contribution in [0.5, 0.6) is 0 Å². The summed E-state index contributed by atoms with van der Waals surface area (Å²) in [4.78, 5) is 11.3. The summed E-state index contributed by atoms with van der Waals surface area (Å²) in [5.41, 5.74) is 0.935. The molecule has 0 radical (unpaired) electrons. The summed E-state index contributed by atoms with van der Waals surface area (Å²) < 4.78 is 30.0. The molecule has 0 aromatic heterocycles. The van der Waals surface area contributed by atoms with Gasteiger partial charge in [-0.05, 0) is 26.0 Å². The lowest BCUT2D eigenvalue weighted by Gasteiger charge is -2.06. The van der Waals surface area contributed by atoms with Gasteiger partial charge < -0.3 is 4.74 Å². The number of amides is 1. The van der Waals surface area contributed by atoms with Crippen molar-refractivity contribution in [3.8, 4) is 0 Å². The number of aryl methyl sites for hydroxylation is 1. The van der Waals surface area contributed by atoms with Gasteiger partial charge in [-0.15, -0.1) is 0 Å². The first-order chi connectivity index (χ1) is 8.45. The Kier molecular flexibility index (Phi) is 4.91. The normalized spacial score (nSPS) is 11.4. The second kappa shape index (κ2) is 6.20. The lowest BCUT2D eigenvalue weighted by atomic mass is 10.2. The number of ether oxygens (including phenoxy) is 1. The Morgan fingerprint density at radius 3 is 2.50 bits per heavy atom. The fourth-order valence-electron chi connectivity index (χ4n) is 1.14. The van der Waals surface area contributed by atoms with Gasteiger partial charge in [0, 0.05) is 0 Å². The highest BCUT2D eigenvalue weighted by atomic mass is 32.2. The zero-order chi connectivity index (χ0) is 13.6. The van der Waals surface area contributed by atoms with Gasteiger partial charge in [-0.2, -0.15) is 0 Å². The minimum atomic E-state index is -3.86. The van der Waals surface area contributed by atoms with E-state index in [0.29, 0.717) is 0 Å². The lowest BCUT2D eigenvalue weighted by Crippen LogP contribution is -2.31. The predicted molar refractivity (Wildman–Crippen MR) is 67.7 cm³/mol. The molecule has 0 heterocycles. The van der Waals surface area contributed by atoms with Crippen molar-refractivity contribution in [2.24, 2.45) is 0 Å². The maximum Gasteiger partial charge on any atom is 0.421 e. The summed E-state index contributed by atoms with van der Waals surface area (Å²) in [7, 11) is -3.86. The number of allylic oxidation sites excluding steroid dienone is 1. The molecule has 0 saturated carbocycles. The molecule has 0 unspecified atom stereocenters. The van der Waals surface area contributed by atoms with Crippen LogP contribution in [0.3, 0.4) is 0 Å². The predicted octanol–water partition coefficient (Wildman–Crippen LogP) is 1.99. The highest BCUT2D eigenvalue weighted by Crippen LogP contribution is 2.09. The number of rotatable bonds is 4. The van der Waals surface area contributed by atoms with E-state index in [1.165, 1.54) is 12.1 Å². The van der Waals surface area contributed by atoms with Crippen molar-refractivity contribution >= 4 is 16.1 Å². The fraction of sp³-hybridized carbons (Fsp3) is 0.250. The molecule has 0 saturated heterocycles. The highest BCUT2D eigenvalue weighted by Gasteiger charge is 2.17. The molecule has 0 aliphatic carbocycles. The summed E-state index contributed by atoms with van der Waals surface area (Å²) in [6.07, 6.45) is 2.30. The summed E-state index contributed by atoms with van der Waals surface area (Å²) in [6, 6.07) is 6.16. The van der Waals surface area contributed by atoms with Crippen molar-refractivity contribution in [3.63, 3.8) is 0 Å². The number of benzene rings is 1. The molecular formula is C12H15NO4S. The first-order valence-electron chi connectivity index (χ1n) is 5.33. The van der Waals surface area contributed by atoms with Gasteiger partial charge in [0.25, 0.3) is 10.0 Å². The smallest absolute Gasteiger partial charge is 0.421 e. The Labute approximate surface area is 107 Å². The zero-order valence-corrected chi connectivity index (χ0v) is 11.0. The molecule has 18 heavy (non-hydrogen) atoms. The van der Waals surface area contributed by atoms with Gasteiger partial charge in [-0.3, -0.25) is 0 Å². The summed E-state index contributed by atoms with van der Waals surface area (Å²) >= 11 is 0. The van der Waals surface area contributed by atoms with E-state index in [4.69, 9.17) is 0 Å². The molecule has 98 valence electrons. The van der Waals surface area contributed by atoms with Crippen LogP contribution in [0.15, 0.2) is 41.3 Å². The zero-order valence-electron chi connectivity index (χ0n) is 10.2. The Morgan fingerprint density at radius 1 is 1.33 bits per heavy atom. The van der Waals surface area contributed by atoms with Crippen LogP contribution in [0.2, 0.25) is 0 Å². The van der Waals surface area contributed by atoms with E-state index in [-0.39, 0.29) is 11.5 Å². The van der Waals surface area contributed by atoms with Crippen molar-refractivity contribution < 1.29 is 17.9 Å². The van der Waals surface area contributed by atoms with Gasteiger partial charge in [0.15, 0.2) is 0 Å². The van der Waals surface area contributed by atoms with Crippen molar-refractivity contribution in [3.05, 3.63) is 42.0 Å². The van der Waals surface area contributed by atoms with Crippen LogP contribution in [0.25, 0.3) is 0 Å². The van der Waals surface area contributed by atoms with E-state index in [9.17, 15) is 13.2 Å². The van der Waals surface area contributed by atoms with Crippen LogP contribution >= 0.6 is 0 Å². The van der Waals surface area contributed by atoms with Gasteiger partial charge in [0.05, 0.1) is 4.90 Å². The first-order valence-corrected chi connectivity index (χ1v) is 6.81. The average molecular weight is 269 g/mol. The third kappa shape index (κ3) is 4.21. The molecule has 0 bridgehead atoms. The van der Waals surface area contributed by atoms with Gasteiger partial charge in [0.1, 0.15) is 6.61 Å². The second-order valence-electron chi connectivity index (χ2n) is 3.59. The van der Waals surface area contributed by atoms with Gasteiger partial charge in [-0.25, -0.2) is 17.9 Å². The van der Waals surface area contributed by atoms with E-state index in [1.54, 1.807) is 31.2 Å². The lowest BCUT2D eigenvalue weighted by molar-refractivity contribution is 0.165. The van der Waals surface area contributed by atoms with Crippen molar-refractivity contribution in [1.82, 2.24) is 4.72 Å². The molecule has 0 atom stereocenters. The Bertz CT molecular complexity index is 532. The number of hydrogen-bond donors (Lipinski definition) is 1. The molecule has 0 aliphatic heterocycles. The van der Waals surface area contributed by atoms with E-state index in [2.05, 4.69) is 4.74 Å². The summed E-state index contributed by atoms with van der Waals surface area (Å²) in [6.45, 7) is 3.64. The van der Waals surface area contributed by atoms with Crippen molar-refractivity contribution in [2.45, 2.75) is 18.7 Å². The largest absolute Gasteiger partial charge is 0.445 e. The van der Waals surface area contributed by atoms with Gasteiger partial charge >= 0.3 is 6.09 Å². The summed E-state index contributed by atoms with van der Waals surface area (Å²) in [5.74, 6) is 0. The van der Waals surface area contributed by atoms with E-state index >= 15 is 0 Å². The van der Waals surface area contributed by atoms with E-state index in [1.807, 2.05) is 11.6 Å².